The van der Waals surface area contributed by atoms with Crippen LogP contribution in [0.3, 0.4) is 0 Å². The van der Waals surface area contributed by atoms with Gasteiger partial charge >= 0.3 is 0 Å². The predicted molar refractivity (Wildman–Crippen MR) is 173 cm³/mol. The molecule has 0 saturated carbocycles. The quantitative estimate of drug-likeness (QED) is 0.128. The SMILES string of the molecule is S=C(Nc1ccccn1)NN(CP(c1ccccc1)c1ccccc1)CP(c1ccccc1)c1ccccc1. The number of pyridine rings is 1. The number of anilines is 1. The third kappa shape index (κ3) is 7.79. The number of hydrogen-bond acceptors (Lipinski definition) is 3. The van der Waals surface area contributed by atoms with Crippen molar-refractivity contribution >= 4 is 60.2 Å². The average molecular weight is 565 g/mol. The molecule has 0 aliphatic carbocycles. The van der Waals surface area contributed by atoms with E-state index in [1.165, 1.54) is 21.2 Å². The van der Waals surface area contributed by atoms with E-state index in [1.54, 1.807) is 6.20 Å². The second kappa shape index (κ2) is 14.1. The summed E-state index contributed by atoms with van der Waals surface area (Å²) in [5, 5.41) is 11.4. The van der Waals surface area contributed by atoms with Gasteiger partial charge in [-0.1, -0.05) is 127 Å². The lowest BCUT2D eigenvalue weighted by molar-refractivity contribution is 0.330. The Hall–Kier alpha value is -3.46. The summed E-state index contributed by atoms with van der Waals surface area (Å²) in [5.74, 6) is 0.719. The molecule has 0 radical (unpaired) electrons. The van der Waals surface area contributed by atoms with Gasteiger partial charge in [-0.3, -0.25) is 5.43 Å². The zero-order valence-corrected chi connectivity index (χ0v) is 24.1. The Labute approximate surface area is 238 Å². The van der Waals surface area contributed by atoms with Gasteiger partial charge in [0.1, 0.15) is 5.82 Å². The minimum atomic E-state index is -0.678. The monoisotopic (exact) mass is 564 g/mol. The van der Waals surface area contributed by atoms with Crippen molar-refractivity contribution in [3.8, 4) is 0 Å². The van der Waals surface area contributed by atoms with E-state index in [2.05, 4.69) is 142 Å². The molecule has 0 unspecified atom stereocenters. The van der Waals surface area contributed by atoms with Gasteiger partial charge in [0.15, 0.2) is 5.11 Å². The maximum absolute atomic E-state index is 5.80. The molecule has 0 fully saturated rings. The van der Waals surface area contributed by atoms with Crippen LogP contribution in [0.4, 0.5) is 5.82 Å². The number of aromatic nitrogens is 1. The molecule has 0 saturated heterocycles. The Morgan fingerprint density at radius 2 is 0.949 bits per heavy atom. The second-order valence-corrected chi connectivity index (χ2v) is 13.6. The van der Waals surface area contributed by atoms with Crippen LogP contribution in [0, 0.1) is 0 Å². The van der Waals surface area contributed by atoms with E-state index in [-0.39, 0.29) is 0 Å². The van der Waals surface area contributed by atoms with Crippen LogP contribution in [0.2, 0.25) is 0 Å². The Kier molecular flexibility index (Phi) is 9.79. The van der Waals surface area contributed by atoms with Crippen LogP contribution >= 0.6 is 28.1 Å². The average Bonchev–Trinajstić information content (AvgIpc) is 3.00. The number of hydrogen-bond donors (Lipinski definition) is 2. The van der Waals surface area contributed by atoms with Crippen LogP contribution in [0.1, 0.15) is 0 Å². The molecule has 0 bridgehead atoms. The van der Waals surface area contributed by atoms with Crippen LogP contribution < -0.4 is 32.0 Å². The molecule has 7 heteroatoms. The van der Waals surface area contributed by atoms with Crippen molar-refractivity contribution in [3.63, 3.8) is 0 Å². The van der Waals surface area contributed by atoms with Crippen molar-refractivity contribution in [1.82, 2.24) is 15.4 Å². The maximum atomic E-state index is 5.80. The van der Waals surface area contributed by atoms with Gasteiger partial charge in [0.05, 0.1) is 0 Å². The minimum absolute atomic E-state index is 0.529. The molecule has 0 spiro atoms. The summed E-state index contributed by atoms with van der Waals surface area (Å²) < 4.78 is 0. The lowest BCUT2D eigenvalue weighted by Gasteiger charge is -2.33. The van der Waals surface area contributed by atoms with Crippen molar-refractivity contribution in [1.29, 1.82) is 0 Å². The van der Waals surface area contributed by atoms with Crippen LogP contribution in [0.5, 0.6) is 0 Å². The van der Waals surface area contributed by atoms with Gasteiger partial charge in [0.2, 0.25) is 0 Å². The van der Waals surface area contributed by atoms with Gasteiger partial charge in [-0.05, 0) is 61.4 Å². The van der Waals surface area contributed by atoms with Gasteiger partial charge in [-0.15, -0.1) is 0 Å². The standard InChI is InChI=1S/C32H30N4P2S/c39-32(34-31-23-13-14-24-33-31)35-36(25-37(27-15-5-1-6-16-27)28-17-7-2-8-18-28)26-38(29-19-9-3-10-20-29)30-21-11-4-12-22-30/h1-24H,25-26H2,(H2,33,34,35,39). The Morgan fingerprint density at radius 3 is 1.31 bits per heavy atom. The predicted octanol–water partition coefficient (Wildman–Crippen LogP) is 5.77. The first-order valence-electron chi connectivity index (χ1n) is 12.8. The summed E-state index contributed by atoms with van der Waals surface area (Å²) in [7, 11) is -1.36. The second-order valence-electron chi connectivity index (χ2n) is 8.80. The van der Waals surface area contributed by atoms with E-state index in [0.717, 1.165) is 18.4 Å². The first-order chi connectivity index (χ1) is 19.3. The Morgan fingerprint density at radius 1 is 0.564 bits per heavy atom. The molecule has 5 aromatic rings. The third-order valence-corrected chi connectivity index (χ3v) is 11.2. The normalized spacial score (nSPS) is 11.1. The summed E-state index contributed by atoms with van der Waals surface area (Å²) >= 11 is 5.80. The number of rotatable bonds is 10. The molecule has 4 nitrogen and oxygen atoms in total. The summed E-state index contributed by atoms with van der Waals surface area (Å²) in [4.78, 5) is 4.39. The van der Waals surface area contributed by atoms with Crippen molar-refractivity contribution in [2.24, 2.45) is 0 Å². The van der Waals surface area contributed by atoms with Gasteiger partial charge < -0.3 is 5.32 Å². The summed E-state index contributed by atoms with van der Waals surface area (Å²) in [5.41, 5.74) is 3.55. The van der Waals surface area contributed by atoms with Crippen molar-refractivity contribution in [2.75, 3.05) is 17.9 Å². The van der Waals surface area contributed by atoms with Crippen LogP contribution in [0.15, 0.2) is 146 Å². The summed E-state index contributed by atoms with van der Waals surface area (Å²) in [6.45, 7) is 0. The Bertz CT molecular complexity index is 1260. The van der Waals surface area contributed by atoms with Gasteiger partial charge in [-0.2, -0.15) is 0 Å². The molecule has 0 amide bonds. The van der Waals surface area contributed by atoms with E-state index in [9.17, 15) is 0 Å². The van der Waals surface area contributed by atoms with Crippen LogP contribution in [-0.4, -0.2) is 27.7 Å². The first kappa shape index (κ1) is 27.1. The van der Waals surface area contributed by atoms with Crippen LogP contribution in [0.25, 0.3) is 0 Å². The topological polar surface area (TPSA) is 40.2 Å². The highest BCUT2D eigenvalue weighted by molar-refractivity contribution is 7.80. The van der Waals surface area contributed by atoms with Crippen LogP contribution in [-0.2, 0) is 0 Å². The number of benzene rings is 4. The molecule has 4 aromatic carbocycles. The van der Waals surface area contributed by atoms with Gasteiger partial charge in [0, 0.05) is 18.8 Å². The van der Waals surface area contributed by atoms with Gasteiger partial charge in [-0.25, -0.2) is 9.99 Å². The zero-order chi connectivity index (χ0) is 26.7. The van der Waals surface area contributed by atoms with Crippen molar-refractivity contribution < 1.29 is 0 Å². The zero-order valence-electron chi connectivity index (χ0n) is 21.5. The highest BCUT2D eigenvalue weighted by Gasteiger charge is 2.23. The number of thiocarbonyl (C=S) groups is 1. The summed E-state index contributed by atoms with van der Waals surface area (Å²) in [6, 6.07) is 48.9. The lowest BCUT2D eigenvalue weighted by Crippen LogP contribution is -2.46. The first-order valence-corrected chi connectivity index (χ1v) is 16.2. The largest absolute Gasteiger partial charge is 0.316 e. The fourth-order valence-corrected chi connectivity index (χ4v) is 9.03. The van der Waals surface area contributed by atoms with E-state index in [1.807, 2.05) is 18.2 Å². The van der Waals surface area contributed by atoms with Crippen molar-refractivity contribution in [2.45, 2.75) is 0 Å². The van der Waals surface area contributed by atoms with E-state index < -0.39 is 15.8 Å². The fraction of sp³-hybridized carbons (Fsp3) is 0.0625. The molecule has 5 rings (SSSR count). The Balaban J connectivity index is 1.48. The lowest BCUT2D eigenvalue weighted by atomic mass is 10.4. The smallest absolute Gasteiger partial charge is 0.186 e. The molecule has 39 heavy (non-hydrogen) atoms. The fourth-order valence-electron chi connectivity index (χ4n) is 4.24. The van der Waals surface area contributed by atoms with E-state index in [0.29, 0.717) is 5.11 Å². The third-order valence-electron chi connectivity index (χ3n) is 6.06. The number of hydrazine groups is 1. The molecule has 0 aliphatic rings. The number of nitrogens with one attached hydrogen (secondary N) is 2. The molecular weight excluding hydrogens is 534 g/mol. The van der Waals surface area contributed by atoms with Crippen molar-refractivity contribution in [3.05, 3.63) is 146 Å². The van der Waals surface area contributed by atoms with E-state index in [4.69, 9.17) is 12.2 Å². The molecule has 0 aliphatic heterocycles. The molecular formula is C32H30N4P2S. The molecule has 2 N–H and O–H groups in total. The highest BCUT2D eigenvalue weighted by Crippen LogP contribution is 2.39. The highest BCUT2D eigenvalue weighted by atomic mass is 32.1. The van der Waals surface area contributed by atoms with Gasteiger partial charge in [0.25, 0.3) is 0 Å². The maximum Gasteiger partial charge on any atom is 0.186 e. The summed E-state index contributed by atoms with van der Waals surface area (Å²) in [6.07, 6.45) is 3.36. The van der Waals surface area contributed by atoms with E-state index >= 15 is 0 Å². The molecule has 1 heterocycles. The molecule has 0 atom stereocenters. The molecule has 194 valence electrons. The molecule has 1 aromatic heterocycles. The minimum Gasteiger partial charge on any atom is -0.316 e. The number of nitrogens with zero attached hydrogens (tertiary/aromatic N) is 2.